The average Bonchev–Trinajstić information content (AvgIpc) is 2.46. The fraction of sp³-hybridized carbons (Fsp3) is 0.692. The van der Waals surface area contributed by atoms with Gasteiger partial charge in [0, 0.05) is 19.4 Å². The zero-order valence-corrected chi connectivity index (χ0v) is 12.5. The van der Waals surface area contributed by atoms with Crippen LogP contribution in [0.4, 0.5) is 0 Å². The minimum atomic E-state index is -0.389. The lowest BCUT2D eigenvalue weighted by molar-refractivity contribution is -0.121. The number of aryl methyl sites for hydroxylation is 2. The van der Waals surface area contributed by atoms with Crippen LogP contribution in [-0.2, 0) is 16.0 Å². The number of nitrogens with two attached hydrogens (primary N) is 1. The van der Waals surface area contributed by atoms with Gasteiger partial charge in [0.15, 0.2) is 11.6 Å². The molecule has 8 nitrogen and oxygen atoms in total. The Labute approximate surface area is 123 Å². The van der Waals surface area contributed by atoms with E-state index in [1.165, 1.54) is 6.92 Å². The Morgan fingerprint density at radius 1 is 1.19 bits per heavy atom. The minimum absolute atomic E-state index is 0.000600. The third kappa shape index (κ3) is 7.40. The van der Waals surface area contributed by atoms with E-state index in [1.54, 1.807) is 6.92 Å². The van der Waals surface area contributed by atoms with Gasteiger partial charge in [0.25, 0.3) is 0 Å². The summed E-state index contributed by atoms with van der Waals surface area (Å²) in [5.74, 6) is 0.907. The van der Waals surface area contributed by atoms with Crippen LogP contribution in [0.3, 0.4) is 0 Å². The van der Waals surface area contributed by atoms with Gasteiger partial charge in [-0.3, -0.25) is 9.59 Å². The zero-order valence-electron chi connectivity index (χ0n) is 12.5. The van der Waals surface area contributed by atoms with Crippen LogP contribution < -0.4 is 11.1 Å². The first-order chi connectivity index (χ1) is 9.99. The van der Waals surface area contributed by atoms with Crippen LogP contribution in [0, 0.1) is 6.92 Å². The molecule has 0 spiro atoms. The number of rotatable bonds is 9. The minimum Gasteiger partial charge on any atom is -0.356 e. The lowest BCUT2D eigenvalue weighted by Crippen LogP contribution is -2.29. The molecule has 1 rings (SSSR count). The summed E-state index contributed by atoms with van der Waals surface area (Å²) in [6.07, 6.45) is 2.99. The van der Waals surface area contributed by atoms with E-state index in [4.69, 9.17) is 5.73 Å². The van der Waals surface area contributed by atoms with Gasteiger partial charge in [-0.05, 0) is 33.1 Å². The molecular formula is C13H22N6O2. The molecule has 1 aromatic rings. The van der Waals surface area contributed by atoms with Crippen molar-refractivity contribution in [3.05, 3.63) is 11.6 Å². The highest BCUT2D eigenvalue weighted by Gasteiger charge is 2.08. The molecule has 21 heavy (non-hydrogen) atoms. The maximum absolute atomic E-state index is 11.6. The first-order valence-corrected chi connectivity index (χ1v) is 7.04. The number of ketones is 1. The van der Waals surface area contributed by atoms with E-state index in [-0.39, 0.29) is 17.7 Å². The molecule has 1 unspecified atom stereocenters. The average molecular weight is 294 g/mol. The van der Waals surface area contributed by atoms with Crippen LogP contribution in [0.5, 0.6) is 0 Å². The summed E-state index contributed by atoms with van der Waals surface area (Å²) >= 11 is 0. The molecule has 0 radical (unpaired) electrons. The normalized spacial score (nSPS) is 12.0. The summed E-state index contributed by atoms with van der Waals surface area (Å²) in [5.41, 5.74) is 5.62. The number of amides is 1. The summed E-state index contributed by atoms with van der Waals surface area (Å²) in [6.45, 7) is 3.77. The number of aromatic nitrogens is 4. The molecule has 0 fully saturated rings. The first-order valence-electron chi connectivity index (χ1n) is 7.04. The number of unbranched alkanes of at least 4 members (excludes halogenated alkanes) is 1. The molecule has 0 saturated carbocycles. The number of nitrogens with one attached hydrogen (secondary N) is 1. The molecule has 0 aliphatic carbocycles. The van der Waals surface area contributed by atoms with Crippen LogP contribution in [0.2, 0.25) is 0 Å². The monoisotopic (exact) mass is 294 g/mol. The summed E-state index contributed by atoms with van der Waals surface area (Å²) in [5, 5.41) is 18.1. The largest absolute Gasteiger partial charge is 0.356 e. The van der Waals surface area contributed by atoms with E-state index < -0.39 is 0 Å². The quantitative estimate of drug-likeness (QED) is 0.600. The van der Waals surface area contributed by atoms with Gasteiger partial charge in [0.2, 0.25) is 5.91 Å². The fourth-order valence-corrected chi connectivity index (χ4v) is 1.63. The molecule has 0 aromatic carbocycles. The van der Waals surface area contributed by atoms with E-state index >= 15 is 0 Å². The molecule has 1 atom stereocenters. The Morgan fingerprint density at radius 2 is 1.86 bits per heavy atom. The maximum atomic E-state index is 11.6. The smallest absolute Gasteiger partial charge is 0.220 e. The van der Waals surface area contributed by atoms with Crippen LogP contribution in [0.15, 0.2) is 0 Å². The second kappa shape index (κ2) is 9.06. The van der Waals surface area contributed by atoms with Crippen molar-refractivity contribution in [2.24, 2.45) is 5.73 Å². The highest BCUT2D eigenvalue weighted by molar-refractivity contribution is 5.81. The molecule has 1 heterocycles. The molecule has 0 bridgehead atoms. The van der Waals surface area contributed by atoms with Crippen molar-refractivity contribution in [1.29, 1.82) is 0 Å². The molecule has 8 heteroatoms. The molecule has 116 valence electrons. The van der Waals surface area contributed by atoms with Crippen LogP contribution in [0.1, 0.15) is 44.3 Å². The standard InChI is InChI=1S/C13H22N6O2/c1-9(20)11(14)5-3-4-8-15-13(21)7-6-12-18-16-10(2)17-19-12/h11H,3-8,14H2,1-2H3,(H,15,21). The van der Waals surface area contributed by atoms with E-state index in [1.807, 2.05) is 0 Å². The second-order valence-electron chi connectivity index (χ2n) is 4.93. The Hall–Kier alpha value is -1.96. The molecule has 1 amide bonds. The number of carbonyl (C=O) groups is 2. The fourth-order valence-electron chi connectivity index (χ4n) is 1.63. The SMILES string of the molecule is CC(=O)C(N)CCCCNC(=O)CCc1nnc(C)nn1. The third-order valence-electron chi connectivity index (χ3n) is 2.98. The number of nitrogens with zero attached hydrogens (tertiary/aromatic N) is 4. The topological polar surface area (TPSA) is 124 Å². The molecule has 0 aliphatic heterocycles. The van der Waals surface area contributed by atoms with Gasteiger partial charge in [0.05, 0.1) is 6.04 Å². The molecule has 1 aromatic heterocycles. The number of hydrogen-bond donors (Lipinski definition) is 2. The number of carbonyl (C=O) groups excluding carboxylic acids is 2. The van der Waals surface area contributed by atoms with Crippen molar-refractivity contribution < 1.29 is 9.59 Å². The van der Waals surface area contributed by atoms with Gasteiger partial charge in [-0.2, -0.15) is 0 Å². The van der Waals surface area contributed by atoms with Gasteiger partial charge in [-0.15, -0.1) is 20.4 Å². The molecular weight excluding hydrogens is 272 g/mol. The third-order valence-corrected chi connectivity index (χ3v) is 2.98. The van der Waals surface area contributed by atoms with Crippen molar-refractivity contribution >= 4 is 11.7 Å². The van der Waals surface area contributed by atoms with Gasteiger partial charge in [-0.1, -0.05) is 0 Å². The van der Waals surface area contributed by atoms with E-state index in [0.29, 0.717) is 37.5 Å². The number of Topliss-reactive ketones (excluding diaryl/α,β-unsaturated/α-hetero) is 1. The predicted octanol–water partition coefficient (Wildman–Crippen LogP) is -0.290. The summed E-state index contributed by atoms with van der Waals surface area (Å²) in [6, 6.07) is -0.389. The van der Waals surface area contributed by atoms with Gasteiger partial charge >= 0.3 is 0 Å². The van der Waals surface area contributed by atoms with Crippen molar-refractivity contribution in [3.8, 4) is 0 Å². The van der Waals surface area contributed by atoms with Crippen LogP contribution >= 0.6 is 0 Å². The molecule has 0 aliphatic rings. The highest BCUT2D eigenvalue weighted by Crippen LogP contribution is 1.99. The van der Waals surface area contributed by atoms with Gasteiger partial charge in [0.1, 0.15) is 5.78 Å². The Kier molecular flexibility index (Phi) is 7.38. The van der Waals surface area contributed by atoms with Crippen molar-refractivity contribution in [2.45, 2.75) is 52.0 Å². The summed E-state index contributed by atoms with van der Waals surface area (Å²) < 4.78 is 0. The van der Waals surface area contributed by atoms with Crippen molar-refractivity contribution in [2.75, 3.05) is 6.54 Å². The van der Waals surface area contributed by atoms with E-state index in [0.717, 1.165) is 12.8 Å². The van der Waals surface area contributed by atoms with E-state index in [9.17, 15) is 9.59 Å². The van der Waals surface area contributed by atoms with Crippen LogP contribution in [-0.4, -0.2) is 44.7 Å². The lowest BCUT2D eigenvalue weighted by atomic mass is 10.1. The predicted molar refractivity (Wildman–Crippen MR) is 76.2 cm³/mol. The van der Waals surface area contributed by atoms with Gasteiger partial charge < -0.3 is 11.1 Å². The van der Waals surface area contributed by atoms with Crippen molar-refractivity contribution in [1.82, 2.24) is 25.7 Å². The lowest BCUT2D eigenvalue weighted by Gasteiger charge is -2.08. The zero-order chi connectivity index (χ0) is 15.7. The van der Waals surface area contributed by atoms with Crippen LogP contribution in [0.25, 0.3) is 0 Å². The van der Waals surface area contributed by atoms with Gasteiger partial charge in [-0.25, -0.2) is 0 Å². The molecule has 3 N–H and O–H groups in total. The Bertz CT molecular complexity index is 462. The Balaban J connectivity index is 2.09. The summed E-state index contributed by atoms with van der Waals surface area (Å²) in [4.78, 5) is 22.5. The maximum Gasteiger partial charge on any atom is 0.220 e. The second-order valence-corrected chi connectivity index (χ2v) is 4.93. The van der Waals surface area contributed by atoms with E-state index in [2.05, 4.69) is 25.7 Å². The first kappa shape index (κ1) is 17.1. The van der Waals surface area contributed by atoms with Crippen molar-refractivity contribution in [3.63, 3.8) is 0 Å². The number of hydrogen-bond acceptors (Lipinski definition) is 7. The highest BCUT2D eigenvalue weighted by atomic mass is 16.1. The Morgan fingerprint density at radius 3 is 2.48 bits per heavy atom. The summed E-state index contributed by atoms with van der Waals surface area (Å²) in [7, 11) is 0. The molecule has 0 saturated heterocycles.